The average Bonchev–Trinajstić information content (AvgIpc) is 3.22. The van der Waals surface area contributed by atoms with Crippen molar-refractivity contribution in [3.63, 3.8) is 0 Å². The minimum Gasteiger partial charge on any atom is -0.352 e. The van der Waals surface area contributed by atoms with Gasteiger partial charge in [-0.05, 0) is 37.3 Å². The molecule has 0 atom stereocenters. The Bertz CT molecular complexity index is 1320. The molecule has 2 aromatic carbocycles. The van der Waals surface area contributed by atoms with Gasteiger partial charge in [-0.3, -0.25) is 4.79 Å². The second-order valence-corrected chi connectivity index (χ2v) is 8.06. The predicted octanol–water partition coefficient (Wildman–Crippen LogP) is 3.88. The van der Waals surface area contributed by atoms with Crippen molar-refractivity contribution in [3.8, 4) is 5.69 Å². The molecule has 5 rings (SSSR count). The van der Waals surface area contributed by atoms with Crippen molar-refractivity contribution < 1.29 is 9.18 Å². The number of amides is 1. The fraction of sp³-hybridized carbons (Fsp3) is 0.217. The highest BCUT2D eigenvalue weighted by Gasteiger charge is 2.26. The quantitative estimate of drug-likeness (QED) is 0.474. The van der Waals surface area contributed by atoms with Crippen LogP contribution in [0.5, 0.6) is 0 Å². The number of piperazine rings is 1. The first-order valence-corrected chi connectivity index (χ1v) is 10.7. The highest BCUT2D eigenvalue weighted by Crippen LogP contribution is 2.27. The number of carbonyl (C=O) groups excluding carboxylic acids is 1. The molecule has 7 nitrogen and oxygen atoms in total. The topological polar surface area (TPSA) is 67.2 Å². The van der Waals surface area contributed by atoms with Crippen LogP contribution >= 0.6 is 11.6 Å². The number of fused-ring (bicyclic) bond motifs is 1. The third-order valence-corrected chi connectivity index (χ3v) is 5.78. The van der Waals surface area contributed by atoms with Crippen molar-refractivity contribution in [3.05, 3.63) is 77.0 Å². The average molecular weight is 451 g/mol. The molecule has 0 N–H and O–H groups in total. The van der Waals surface area contributed by atoms with Gasteiger partial charge < -0.3 is 9.80 Å². The zero-order chi connectivity index (χ0) is 22.2. The molecule has 162 valence electrons. The smallest absolute Gasteiger partial charge is 0.256 e. The lowest BCUT2D eigenvalue weighted by Crippen LogP contribution is -2.49. The summed E-state index contributed by atoms with van der Waals surface area (Å²) in [6, 6.07) is 13.5. The summed E-state index contributed by atoms with van der Waals surface area (Å²) in [5, 5.41) is 5.96. The normalized spacial score (nSPS) is 14.2. The highest BCUT2D eigenvalue weighted by atomic mass is 35.5. The van der Waals surface area contributed by atoms with Crippen LogP contribution in [0.4, 0.5) is 10.2 Å². The van der Waals surface area contributed by atoms with Gasteiger partial charge in [0.05, 0.1) is 22.8 Å². The fourth-order valence-corrected chi connectivity index (χ4v) is 4.15. The van der Waals surface area contributed by atoms with Crippen molar-refractivity contribution in [1.82, 2.24) is 24.6 Å². The summed E-state index contributed by atoms with van der Waals surface area (Å²) < 4.78 is 15.8. The molecule has 0 unspecified atom stereocenters. The summed E-state index contributed by atoms with van der Waals surface area (Å²) in [6.45, 7) is 3.94. The molecule has 0 radical (unpaired) electrons. The van der Waals surface area contributed by atoms with Crippen LogP contribution in [0, 0.1) is 12.7 Å². The van der Waals surface area contributed by atoms with Crippen LogP contribution in [0.3, 0.4) is 0 Å². The zero-order valence-electron chi connectivity index (χ0n) is 17.4. The minimum atomic E-state index is -0.499. The molecule has 0 spiro atoms. The van der Waals surface area contributed by atoms with E-state index in [0.717, 1.165) is 16.9 Å². The molecule has 1 amide bonds. The number of halogens is 2. The fourth-order valence-electron chi connectivity index (χ4n) is 3.96. The lowest BCUT2D eigenvalue weighted by molar-refractivity contribution is 0.0742. The summed E-state index contributed by atoms with van der Waals surface area (Å²) in [7, 11) is 0. The first kappa shape index (κ1) is 20.4. The summed E-state index contributed by atoms with van der Waals surface area (Å²) >= 11 is 6.15. The van der Waals surface area contributed by atoms with Gasteiger partial charge >= 0.3 is 0 Å². The molecule has 0 aliphatic carbocycles. The Labute approximate surface area is 189 Å². The largest absolute Gasteiger partial charge is 0.352 e. The van der Waals surface area contributed by atoms with Crippen LogP contribution < -0.4 is 4.90 Å². The number of aromatic nitrogens is 4. The number of nitrogens with zero attached hydrogens (tertiary/aromatic N) is 6. The molecule has 9 heteroatoms. The van der Waals surface area contributed by atoms with E-state index in [-0.39, 0.29) is 11.5 Å². The molecule has 0 bridgehead atoms. The number of rotatable bonds is 3. The van der Waals surface area contributed by atoms with Crippen molar-refractivity contribution in [1.29, 1.82) is 0 Å². The van der Waals surface area contributed by atoms with E-state index in [1.807, 2.05) is 31.2 Å². The number of anilines is 1. The lowest BCUT2D eigenvalue weighted by atomic mass is 10.1. The van der Waals surface area contributed by atoms with Gasteiger partial charge in [0, 0.05) is 31.2 Å². The first-order chi connectivity index (χ1) is 15.5. The Hall–Kier alpha value is -3.52. The van der Waals surface area contributed by atoms with E-state index in [4.69, 9.17) is 11.6 Å². The van der Waals surface area contributed by atoms with Gasteiger partial charge in [0.15, 0.2) is 5.65 Å². The Kier molecular flexibility index (Phi) is 5.22. The number of carbonyl (C=O) groups is 1. The summed E-state index contributed by atoms with van der Waals surface area (Å²) in [5.41, 5.74) is 1.61. The van der Waals surface area contributed by atoms with E-state index in [9.17, 15) is 9.18 Å². The molecule has 1 fully saturated rings. The van der Waals surface area contributed by atoms with Gasteiger partial charge in [-0.2, -0.15) is 5.10 Å². The molecule has 3 heterocycles. The molecule has 1 aliphatic rings. The third-order valence-electron chi connectivity index (χ3n) is 5.54. The Morgan fingerprint density at radius 2 is 1.81 bits per heavy atom. The zero-order valence-corrected chi connectivity index (χ0v) is 18.1. The monoisotopic (exact) mass is 450 g/mol. The van der Waals surface area contributed by atoms with Crippen LogP contribution in [0.2, 0.25) is 5.02 Å². The molecular formula is C23H20ClFN6O. The predicted molar refractivity (Wildman–Crippen MR) is 121 cm³/mol. The molecule has 4 aromatic rings. The number of benzene rings is 2. The van der Waals surface area contributed by atoms with Gasteiger partial charge in [-0.15, -0.1) is 0 Å². The molecule has 32 heavy (non-hydrogen) atoms. The van der Waals surface area contributed by atoms with Crippen molar-refractivity contribution in [2.75, 3.05) is 31.1 Å². The maximum absolute atomic E-state index is 14.0. The molecule has 0 saturated carbocycles. The highest BCUT2D eigenvalue weighted by molar-refractivity contribution is 6.30. The van der Waals surface area contributed by atoms with E-state index in [0.29, 0.717) is 42.7 Å². The third kappa shape index (κ3) is 3.67. The number of hydrogen-bond acceptors (Lipinski definition) is 5. The summed E-state index contributed by atoms with van der Waals surface area (Å²) in [4.78, 5) is 25.8. The van der Waals surface area contributed by atoms with E-state index < -0.39 is 5.82 Å². The van der Waals surface area contributed by atoms with Gasteiger partial charge in [-0.1, -0.05) is 29.8 Å². The van der Waals surface area contributed by atoms with Crippen LogP contribution in [-0.4, -0.2) is 56.7 Å². The van der Waals surface area contributed by atoms with Gasteiger partial charge in [-0.25, -0.2) is 19.0 Å². The minimum absolute atomic E-state index is 0.101. The van der Waals surface area contributed by atoms with E-state index in [1.165, 1.54) is 12.1 Å². The SMILES string of the molecule is Cc1nc(N2CCN(C(=O)c3ccccc3F)CC2)c2cnn(-c3cccc(Cl)c3)c2n1. The molecule has 1 aliphatic heterocycles. The summed E-state index contributed by atoms with van der Waals surface area (Å²) in [5.74, 6) is 0.613. The van der Waals surface area contributed by atoms with Gasteiger partial charge in [0.25, 0.3) is 5.91 Å². The van der Waals surface area contributed by atoms with E-state index in [1.54, 1.807) is 27.9 Å². The summed E-state index contributed by atoms with van der Waals surface area (Å²) in [6.07, 6.45) is 1.75. The lowest BCUT2D eigenvalue weighted by Gasteiger charge is -2.35. The van der Waals surface area contributed by atoms with Crippen LogP contribution in [0.15, 0.2) is 54.7 Å². The van der Waals surface area contributed by atoms with Crippen molar-refractivity contribution in [2.45, 2.75) is 6.92 Å². The van der Waals surface area contributed by atoms with Crippen LogP contribution in [0.25, 0.3) is 16.7 Å². The molecule has 1 saturated heterocycles. The van der Waals surface area contributed by atoms with E-state index in [2.05, 4.69) is 20.0 Å². The second-order valence-electron chi connectivity index (χ2n) is 7.63. The Morgan fingerprint density at radius 1 is 1.03 bits per heavy atom. The number of aryl methyl sites for hydroxylation is 1. The van der Waals surface area contributed by atoms with Crippen molar-refractivity contribution >= 4 is 34.4 Å². The number of hydrogen-bond donors (Lipinski definition) is 0. The second kappa shape index (κ2) is 8.20. The Morgan fingerprint density at radius 3 is 2.56 bits per heavy atom. The standard InChI is InChI=1S/C23H20ClFN6O/c1-15-27-21(19-14-26-31(22(19)28-15)17-6-4-5-16(24)13-17)29-9-11-30(12-10-29)23(32)18-7-2-3-8-20(18)25/h2-8,13-14H,9-12H2,1H3. The Balaban J connectivity index is 1.41. The van der Waals surface area contributed by atoms with Crippen LogP contribution in [-0.2, 0) is 0 Å². The van der Waals surface area contributed by atoms with Crippen LogP contribution in [0.1, 0.15) is 16.2 Å². The van der Waals surface area contributed by atoms with Gasteiger partial charge in [0.2, 0.25) is 0 Å². The molecule has 2 aromatic heterocycles. The van der Waals surface area contributed by atoms with Gasteiger partial charge in [0.1, 0.15) is 17.5 Å². The first-order valence-electron chi connectivity index (χ1n) is 10.3. The van der Waals surface area contributed by atoms with Crippen molar-refractivity contribution in [2.24, 2.45) is 0 Å². The van der Waals surface area contributed by atoms with E-state index >= 15 is 0 Å². The maximum Gasteiger partial charge on any atom is 0.256 e. The maximum atomic E-state index is 14.0. The molecular weight excluding hydrogens is 431 g/mol.